The molecular formula is C12H11ClN2O2. The van der Waals surface area contributed by atoms with Crippen molar-refractivity contribution in [2.45, 2.75) is 13.8 Å². The van der Waals surface area contributed by atoms with E-state index in [-0.39, 0.29) is 10.9 Å². The largest absolute Gasteiger partial charge is 0.434 e. The fourth-order valence-corrected chi connectivity index (χ4v) is 1.62. The quantitative estimate of drug-likeness (QED) is 0.892. The van der Waals surface area contributed by atoms with Gasteiger partial charge in [-0.3, -0.25) is 9.89 Å². The molecule has 88 valence electrons. The topological polar surface area (TPSA) is 55.0 Å². The van der Waals surface area contributed by atoms with Crippen LogP contribution in [0.25, 0.3) is 0 Å². The van der Waals surface area contributed by atoms with Crippen LogP contribution in [-0.2, 0) is 0 Å². The van der Waals surface area contributed by atoms with Gasteiger partial charge in [-0.1, -0.05) is 29.8 Å². The molecule has 2 aromatic rings. The highest BCUT2D eigenvalue weighted by molar-refractivity contribution is 6.30. The van der Waals surface area contributed by atoms with E-state index in [0.29, 0.717) is 5.75 Å². The molecule has 0 aliphatic carbocycles. The second-order valence-electron chi connectivity index (χ2n) is 3.69. The first-order chi connectivity index (χ1) is 8.09. The lowest BCUT2D eigenvalue weighted by Crippen LogP contribution is -2.09. The van der Waals surface area contributed by atoms with Crippen LogP contribution < -0.4 is 10.2 Å². The molecule has 5 heteroatoms. The Hall–Kier alpha value is -1.81. The Kier molecular flexibility index (Phi) is 3.15. The smallest absolute Gasteiger partial charge is 0.286 e. The van der Waals surface area contributed by atoms with Crippen LogP contribution in [0.3, 0.4) is 0 Å². The van der Waals surface area contributed by atoms with E-state index in [1.165, 1.54) is 6.20 Å². The predicted octanol–water partition coefficient (Wildman–Crippen LogP) is 2.83. The summed E-state index contributed by atoms with van der Waals surface area (Å²) in [5.74, 6) is 0.586. The van der Waals surface area contributed by atoms with E-state index < -0.39 is 5.43 Å². The van der Waals surface area contributed by atoms with E-state index in [1.54, 1.807) is 0 Å². The summed E-state index contributed by atoms with van der Waals surface area (Å²) in [4.78, 5) is 11.7. The third-order valence-corrected chi connectivity index (χ3v) is 2.66. The first kappa shape index (κ1) is 11.7. The number of hydrogen-bond acceptors (Lipinski definition) is 3. The summed E-state index contributed by atoms with van der Waals surface area (Å²) in [5, 5.41) is 6.35. The van der Waals surface area contributed by atoms with Crippen LogP contribution in [0.4, 0.5) is 0 Å². The lowest BCUT2D eigenvalue weighted by atomic mass is 10.1. The van der Waals surface area contributed by atoms with E-state index >= 15 is 0 Å². The zero-order valence-corrected chi connectivity index (χ0v) is 10.2. The Bertz CT molecular complexity index is 587. The average Bonchev–Trinajstić information content (AvgIpc) is 2.29. The maximum Gasteiger partial charge on any atom is 0.286 e. The number of H-pyrrole nitrogens is 1. The molecule has 0 bridgehead atoms. The van der Waals surface area contributed by atoms with Crippen LogP contribution in [0.2, 0.25) is 5.02 Å². The number of para-hydroxylation sites is 1. The van der Waals surface area contributed by atoms with Crippen molar-refractivity contribution in [2.24, 2.45) is 0 Å². The zero-order chi connectivity index (χ0) is 12.4. The van der Waals surface area contributed by atoms with Gasteiger partial charge in [0.25, 0.3) is 11.3 Å². The van der Waals surface area contributed by atoms with Gasteiger partial charge in [0, 0.05) is 6.20 Å². The maximum atomic E-state index is 11.7. The van der Waals surface area contributed by atoms with Crippen molar-refractivity contribution >= 4 is 11.6 Å². The average molecular weight is 251 g/mol. The highest BCUT2D eigenvalue weighted by atomic mass is 35.5. The molecule has 1 aromatic heterocycles. The molecule has 0 saturated carbocycles. The Morgan fingerprint density at radius 3 is 2.59 bits per heavy atom. The van der Waals surface area contributed by atoms with Crippen LogP contribution in [0, 0.1) is 13.8 Å². The minimum atomic E-state index is -0.423. The number of nitrogens with one attached hydrogen (secondary N) is 1. The van der Waals surface area contributed by atoms with Gasteiger partial charge in [0.05, 0.1) is 0 Å². The molecule has 0 unspecified atom stereocenters. The fourth-order valence-electron chi connectivity index (χ4n) is 1.49. The molecule has 0 saturated heterocycles. The minimum absolute atomic E-state index is 0.0464. The summed E-state index contributed by atoms with van der Waals surface area (Å²) in [6, 6.07) is 5.73. The van der Waals surface area contributed by atoms with Crippen molar-refractivity contribution < 1.29 is 4.74 Å². The number of rotatable bonds is 2. The summed E-state index contributed by atoms with van der Waals surface area (Å²) in [6.45, 7) is 3.81. The lowest BCUT2D eigenvalue weighted by Gasteiger charge is -2.09. The van der Waals surface area contributed by atoms with Crippen molar-refractivity contribution in [3.05, 3.63) is 50.8 Å². The van der Waals surface area contributed by atoms with Crippen LogP contribution in [0.5, 0.6) is 11.6 Å². The third kappa shape index (κ3) is 2.31. The first-order valence-electron chi connectivity index (χ1n) is 5.07. The molecule has 2 rings (SSSR count). The molecule has 0 aliphatic heterocycles. The standard InChI is InChI=1S/C12H11ClN2O2/c1-7-4-3-5-8(2)11(7)17-12-10(16)9(13)6-14-15-12/h3-6H,1-2H3,(H,14,16). The molecular weight excluding hydrogens is 240 g/mol. The first-order valence-corrected chi connectivity index (χ1v) is 5.45. The Morgan fingerprint density at radius 2 is 1.94 bits per heavy atom. The predicted molar refractivity (Wildman–Crippen MR) is 65.9 cm³/mol. The van der Waals surface area contributed by atoms with E-state index in [0.717, 1.165) is 11.1 Å². The van der Waals surface area contributed by atoms with E-state index in [1.807, 2.05) is 32.0 Å². The van der Waals surface area contributed by atoms with Gasteiger partial charge in [-0.05, 0) is 25.0 Å². The molecule has 0 amide bonds. The van der Waals surface area contributed by atoms with Gasteiger partial charge >= 0.3 is 0 Å². The maximum absolute atomic E-state index is 11.7. The SMILES string of the molecule is Cc1cccc(C)c1Oc1n[nH]cc(Cl)c1=O. The molecule has 1 aromatic carbocycles. The van der Waals surface area contributed by atoms with Crippen LogP contribution in [0.1, 0.15) is 11.1 Å². The number of nitrogens with zero attached hydrogens (tertiary/aromatic N) is 1. The van der Waals surface area contributed by atoms with Crippen molar-refractivity contribution in [1.29, 1.82) is 0 Å². The summed E-state index contributed by atoms with van der Waals surface area (Å²) >= 11 is 5.70. The van der Waals surface area contributed by atoms with Gasteiger partial charge in [0.1, 0.15) is 10.8 Å². The van der Waals surface area contributed by atoms with Crippen LogP contribution in [-0.4, -0.2) is 10.2 Å². The number of ether oxygens (including phenoxy) is 1. The molecule has 17 heavy (non-hydrogen) atoms. The van der Waals surface area contributed by atoms with Crippen molar-refractivity contribution in [3.8, 4) is 11.6 Å². The monoisotopic (exact) mass is 250 g/mol. The number of aromatic nitrogens is 2. The van der Waals surface area contributed by atoms with Crippen molar-refractivity contribution in [3.63, 3.8) is 0 Å². The lowest BCUT2D eigenvalue weighted by molar-refractivity contribution is 0.444. The van der Waals surface area contributed by atoms with Crippen molar-refractivity contribution in [2.75, 3.05) is 0 Å². The molecule has 0 fully saturated rings. The molecule has 0 atom stereocenters. The van der Waals surface area contributed by atoms with Crippen molar-refractivity contribution in [1.82, 2.24) is 10.2 Å². The zero-order valence-electron chi connectivity index (χ0n) is 9.45. The molecule has 4 nitrogen and oxygen atoms in total. The van der Waals surface area contributed by atoms with Gasteiger partial charge < -0.3 is 4.74 Å². The molecule has 1 heterocycles. The van der Waals surface area contributed by atoms with Gasteiger partial charge in [-0.25, -0.2) is 0 Å². The molecule has 0 radical (unpaired) electrons. The summed E-state index contributed by atoms with van der Waals surface area (Å²) in [6.07, 6.45) is 1.32. The van der Waals surface area contributed by atoms with E-state index in [4.69, 9.17) is 16.3 Å². The van der Waals surface area contributed by atoms with E-state index in [9.17, 15) is 4.79 Å². The van der Waals surface area contributed by atoms with E-state index in [2.05, 4.69) is 10.2 Å². The normalized spacial score (nSPS) is 10.3. The Balaban J connectivity index is 2.45. The number of aromatic amines is 1. The summed E-state index contributed by atoms with van der Waals surface area (Å²) in [7, 11) is 0. The third-order valence-electron chi connectivity index (χ3n) is 2.38. The highest BCUT2D eigenvalue weighted by Crippen LogP contribution is 2.25. The van der Waals surface area contributed by atoms with Crippen LogP contribution in [0.15, 0.2) is 29.2 Å². The van der Waals surface area contributed by atoms with Gasteiger partial charge in [0.2, 0.25) is 0 Å². The second kappa shape index (κ2) is 4.59. The summed E-state index contributed by atoms with van der Waals surface area (Å²) < 4.78 is 5.51. The van der Waals surface area contributed by atoms with Gasteiger partial charge in [-0.15, -0.1) is 5.10 Å². The Labute approximate surface area is 103 Å². The molecule has 0 aliphatic rings. The second-order valence-corrected chi connectivity index (χ2v) is 4.10. The highest BCUT2D eigenvalue weighted by Gasteiger charge is 2.10. The van der Waals surface area contributed by atoms with Crippen LogP contribution >= 0.6 is 11.6 Å². The Morgan fingerprint density at radius 1 is 1.29 bits per heavy atom. The number of hydrogen-bond donors (Lipinski definition) is 1. The number of halogens is 1. The fraction of sp³-hybridized carbons (Fsp3) is 0.167. The van der Waals surface area contributed by atoms with Gasteiger partial charge in [0.15, 0.2) is 0 Å². The minimum Gasteiger partial charge on any atom is -0.434 e. The number of aryl methyl sites for hydroxylation is 2. The van der Waals surface area contributed by atoms with Gasteiger partial charge in [-0.2, -0.15) is 0 Å². The molecule has 0 spiro atoms. The summed E-state index contributed by atoms with van der Waals surface area (Å²) in [5.41, 5.74) is 1.45. The number of benzene rings is 1. The molecule has 1 N–H and O–H groups in total.